The Morgan fingerprint density at radius 1 is 1.22 bits per heavy atom. The van der Waals surface area contributed by atoms with Gasteiger partial charge in [-0.15, -0.1) is 0 Å². The first-order valence-electron chi connectivity index (χ1n) is 7.39. The van der Waals surface area contributed by atoms with Crippen LogP contribution in [0, 0.1) is 12.7 Å². The number of benzene rings is 2. The van der Waals surface area contributed by atoms with E-state index in [0.29, 0.717) is 6.54 Å². The maximum Gasteiger partial charge on any atom is 0.224 e. The molecule has 5 heteroatoms. The number of halogens is 2. The number of amides is 1. The van der Waals surface area contributed by atoms with E-state index >= 15 is 0 Å². The molecule has 0 aliphatic rings. The molecule has 0 aliphatic carbocycles. The van der Waals surface area contributed by atoms with Gasteiger partial charge >= 0.3 is 0 Å². The van der Waals surface area contributed by atoms with Gasteiger partial charge in [0.25, 0.3) is 0 Å². The van der Waals surface area contributed by atoms with E-state index in [2.05, 4.69) is 36.5 Å². The van der Waals surface area contributed by atoms with Gasteiger partial charge in [0.1, 0.15) is 5.82 Å². The van der Waals surface area contributed by atoms with Crippen LogP contribution in [0.1, 0.15) is 16.7 Å². The summed E-state index contributed by atoms with van der Waals surface area (Å²) in [5.74, 6) is 1.06. The lowest BCUT2D eigenvalue weighted by atomic mass is 10.1. The Balaban J connectivity index is 1.68. The van der Waals surface area contributed by atoms with E-state index in [4.69, 9.17) is 11.6 Å². The van der Waals surface area contributed by atoms with Crippen molar-refractivity contribution >= 4 is 29.3 Å². The molecule has 0 atom stereocenters. The Hall–Kier alpha value is -1.52. The maximum absolute atomic E-state index is 13.6. The fourth-order valence-electron chi connectivity index (χ4n) is 2.06. The molecule has 0 aliphatic heterocycles. The molecule has 2 rings (SSSR count). The smallest absolute Gasteiger partial charge is 0.224 e. The Bertz CT molecular complexity index is 640. The highest BCUT2D eigenvalue weighted by molar-refractivity contribution is 7.98. The van der Waals surface area contributed by atoms with Crippen LogP contribution in [0.2, 0.25) is 5.02 Å². The van der Waals surface area contributed by atoms with Gasteiger partial charge in [0, 0.05) is 28.6 Å². The van der Waals surface area contributed by atoms with Crippen molar-refractivity contribution in [2.75, 3.05) is 12.3 Å². The molecule has 0 unspecified atom stereocenters. The van der Waals surface area contributed by atoms with E-state index in [-0.39, 0.29) is 22.9 Å². The molecular formula is C18H19ClFNOS. The van der Waals surface area contributed by atoms with Gasteiger partial charge in [-0.2, -0.15) is 11.8 Å². The third-order valence-corrected chi connectivity index (χ3v) is 4.74. The lowest BCUT2D eigenvalue weighted by molar-refractivity contribution is -0.120. The summed E-state index contributed by atoms with van der Waals surface area (Å²) in [5, 5.41) is 3.08. The minimum atomic E-state index is -0.443. The molecule has 0 aromatic heterocycles. The van der Waals surface area contributed by atoms with Crippen LogP contribution in [0.25, 0.3) is 0 Å². The highest BCUT2D eigenvalue weighted by Crippen LogP contribution is 2.19. The van der Waals surface area contributed by atoms with E-state index in [1.165, 1.54) is 23.3 Å². The van der Waals surface area contributed by atoms with Crippen LogP contribution in [0.5, 0.6) is 0 Å². The zero-order valence-electron chi connectivity index (χ0n) is 12.9. The van der Waals surface area contributed by atoms with Crippen LogP contribution in [-0.4, -0.2) is 18.2 Å². The Labute approximate surface area is 145 Å². The zero-order chi connectivity index (χ0) is 16.7. The van der Waals surface area contributed by atoms with Crippen molar-refractivity contribution in [2.24, 2.45) is 0 Å². The van der Waals surface area contributed by atoms with Crippen molar-refractivity contribution in [2.45, 2.75) is 19.1 Å². The van der Waals surface area contributed by atoms with Crippen LogP contribution in [0.4, 0.5) is 4.39 Å². The highest BCUT2D eigenvalue weighted by Gasteiger charge is 2.11. The van der Waals surface area contributed by atoms with Crippen molar-refractivity contribution in [1.29, 1.82) is 0 Å². The molecule has 2 aromatic carbocycles. The van der Waals surface area contributed by atoms with Gasteiger partial charge in [-0.3, -0.25) is 4.79 Å². The molecule has 0 saturated carbocycles. The number of hydrogen-bond acceptors (Lipinski definition) is 2. The van der Waals surface area contributed by atoms with E-state index in [0.717, 1.165) is 11.5 Å². The van der Waals surface area contributed by atoms with Crippen LogP contribution in [0.3, 0.4) is 0 Å². The summed E-state index contributed by atoms with van der Waals surface area (Å²) in [5.41, 5.74) is 2.77. The third-order valence-electron chi connectivity index (χ3n) is 3.36. The molecule has 1 N–H and O–H groups in total. The average molecular weight is 352 g/mol. The van der Waals surface area contributed by atoms with E-state index in [1.54, 1.807) is 17.8 Å². The summed E-state index contributed by atoms with van der Waals surface area (Å²) >= 11 is 7.66. The van der Waals surface area contributed by atoms with Crippen molar-refractivity contribution in [3.8, 4) is 0 Å². The quantitative estimate of drug-likeness (QED) is 0.750. The molecule has 0 fully saturated rings. The van der Waals surface area contributed by atoms with Gasteiger partial charge in [-0.05, 0) is 24.6 Å². The standard InChI is InChI=1S/C18H19ClFNOS/c1-13-5-7-14(8-6-13)12-23-10-9-21-18(22)11-15-16(19)3-2-4-17(15)20/h2-8H,9-12H2,1H3,(H,21,22). The van der Waals surface area contributed by atoms with Gasteiger partial charge < -0.3 is 5.32 Å². The molecule has 0 bridgehead atoms. The van der Waals surface area contributed by atoms with Gasteiger partial charge in [-0.25, -0.2) is 4.39 Å². The van der Waals surface area contributed by atoms with E-state index in [1.807, 2.05) is 0 Å². The molecule has 23 heavy (non-hydrogen) atoms. The Morgan fingerprint density at radius 3 is 2.65 bits per heavy atom. The second kappa shape index (κ2) is 8.94. The average Bonchev–Trinajstić information content (AvgIpc) is 2.52. The Morgan fingerprint density at radius 2 is 1.96 bits per heavy atom. The summed E-state index contributed by atoms with van der Waals surface area (Å²) in [6, 6.07) is 12.8. The van der Waals surface area contributed by atoms with E-state index in [9.17, 15) is 9.18 Å². The van der Waals surface area contributed by atoms with E-state index < -0.39 is 5.82 Å². The topological polar surface area (TPSA) is 29.1 Å². The highest BCUT2D eigenvalue weighted by atomic mass is 35.5. The normalized spacial score (nSPS) is 10.6. The van der Waals surface area contributed by atoms with Gasteiger partial charge in [0.2, 0.25) is 5.91 Å². The summed E-state index contributed by atoms with van der Waals surface area (Å²) in [6.45, 7) is 2.62. The summed E-state index contributed by atoms with van der Waals surface area (Å²) in [4.78, 5) is 11.8. The number of carbonyl (C=O) groups is 1. The second-order valence-corrected chi connectivity index (χ2v) is 6.78. The Kier molecular flexibility index (Phi) is 6.93. The number of thioether (sulfide) groups is 1. The first-order valence-corrected chi connectivity index (χ1v) is 8.92. The first kappa shape index (κ1) is 17.8. The predicted molar refractivity (Wildman–Crippen MR) is 95.5 cm³/mol. The van der Waals surface area contributed by atoms with Crippen molar-refractivity contribution < 1.29 is 9.18 Å². The largest absolute Gasteiger partial charge is 0.355 e. The lowest BCUT2D eigenvalue weighted by Gasteiger charge is -2.07. The molecule has 0 heterocycles. The van der Waals surface area contributed by atoms with Gasteiger partial charge in [-0.1, -0.05) is 47.5 Å². The zero-order valence-corrected chi connectivity index (χ0v) is 14.5. The summed E-state index contributed by atoms with van der Waals surface area (Å²) in [7, 11) is 0. The molecule has 1 amide bonds. The summed E-state index contributed by atoms with van der Waals surface area (Å²) in [6.07, 6.45) is -0.0336. The number of aryl methyl sites for hydroxylation is 1. The molecule has 122 valence electrons. The number of carbonyl (C=O) groups excluding carboxylic acids is 1. The third kappa shape index (κ3) is 5.88. The molecule has 0 radical (unpaired) electrons. The van der Waals surface area contributed by atoms with Crippen LogP contribution >= 0.6 is 23.4 Å². The van der Waals surface area contributed by atoms with Crippen LogP contribution in [0.15, 0.2) is 42.5 Å². The van der Waals surface area contributed by atoms with Crippen LogP contribution < -0.4 is 5.32 Å². The van der Waals surface area contributed by atoms with Gasteiger partial charge in [0.15, 0.2) is 0 Å². The first-order chi connectivity index (χ1) is 11.1. The lowest BCUT2D eigenvalue weighted by Crippen LogP contribution is -2.27. The number of rotatable bonds is 7. The molecule has 2 nitrogen and oxygen atoms in total. The molecule has 0 saturated heterocycles. The van der Waals surface area contributed by atoms with Crippen molar-refractivity contribution in [3.63, 3.8) is 0 Å². The second-order valence-electron chi connectivity index (χ2n) is 5.27. The predicted octanol–water partition coefficient (Wildman–Crippen LogP) is 4.38. The molecule has 0 spiro atoms. The summed E-state index contributed by atoms with van der Waals surface area (Å²) < 4.78 is 13.6. The number of hydrogen-bond donors (Lipinski definition) is 1. The fourth-order valence-corrected chi connectivity index (χ4v) is 3.11. The van der Waals surface area contributed by atoms with Gasteiger partial charge in [0.05, 0.1) is 6.42 Å². The SMILES string of the molecule is Cc1ccc(CSCCNC(=O)Cc2c(F)cccc2Cl)cc1. The molecular weight excluding hydrogens is 333 g/mol. The van der Waals surface area contributed by atoms with Crippen LogP contribution in [-0.2, 0) is 17.0 Å². The molecule has 2 aromatic rings. The van der Waals surface area contributed by atoms with Crippen molar-refractivity contribution in [1.82, 2.24) is 5.32 Å². The minimum absolute atomic E-state index is 0.0336. The van der Waals surface area contributed by atoms with Crippen molar-refractivity contribution in [3.05, 3.63) is 70.0 Å². The monoisotopic (exact) mass is 351 g/mol. The minimum Gasteiger partial charge on any atom is -0.355 e. The number of nitrogens with one attached hydrogen (secondary N) is 1. The maximum atomic E-state index is 13.6. The fraction of sp³-hybridized carbons (Fsp3) is 0.278.